The number of nitrogens with zero attached hydrogens (tertiary/aromatic N) is 2. The first-order chi connectivity index (χ1) is 9.97. The molecule has 8 heteroatoms. The quantitative estimate of drug-likeness (QED) is 0.814. The number of nitrogens with one attached hydrogen (secondary N) is 2. The molecule has 2 heterocycles. The van der Waals surface area contributed by atoms with Crippen molar-refractivity contribution in [3.63, 3.8) is 0 Å². The van der Waals surface area contributed by atoms with Gasteiger partial charge < -0.3 is 5.32 Å². The van der Waals surface area contributed by atoms with Gasteiger partial charge in [-0.15, -0.1) is 11.3 Å². The SMILES string of the molecule is CCNCc1sccc1S(=O)(=O)Nc1cn(C)nc1CC. The lowest BCUT2D eigenvalue weighted by Gasteiger charge is -2.08. The van der Waals surface area contributed by atoms with Crippen molar-refractivity contribution in [1.82, 2.24) is 15.1 Å². The molecule has 0 aliphatic rings. The molecule has 0 saturated heterocycles. The summed E-state index contributed by atoms with van der Waals surface area (Å²) in [5.41, 5.74) is 1.28. The van der Waals surface area contributed by atoms with Crippen LogP contribution in [0, 0.1) is 0 Å². The van der Waals surface area contributed by atoms with Gasteiger partial charge in [0, 0.05) is 24.7 Å². The summed E-state index contributed by atoms with van der Waals surface area (Å²) in [4.78, 5) is 1.14. The summed E-state index contributed by atoms with van der Waals surface area (Å²) in [5, 5.41) is 9.20. The molecule has 116 valence electrons. The predicted octanol–water partition coefficient (Wildman–Crippen LogP) is 1.95. The minimum Gasteiger partial charge on any atom is -0.312 e. The summed E-state index contributed by atoms with van der Waals surface area (Å²) >= 11 is 1.44. The number of anilines is 1. The first-order valence-electron chi connectivity index (χ1n) is 6.80. The monoisotopic (exact) mass is 328 g/mol. The molecule has 0 radical (unpaired) electrons. The van der Waals surface area contributed by atoms with E-state index < -0.39 is 10.0 Å². The molecule has 0 atom stereocenters. The Labute approximate surface area is 129 Å². The summed E-state index contributed by atoms with van der Waals surface area (Å²) in [7, 11) is -1.81. The molecule has 0 aliphatic carbocycles. The normalized spacial score (nSPS) is 11.8. The summed E-state index contributed by atoms with van der Waals surface area (Å²) in [6, 6.07) is 1.64. The molecule has 2 aromatic rings. The Balaban J connectivity index is 2.28. The molecule has 2 N–H and O–H groups in total. The molecule has 2 rings (SSSR count). The molecule has 0 fully saturated rings. The summed E-state index contributed by atoms with van der Waals surface area (Å²) in [6.07, 6.45) is 2.36. The lowest BCUT2D eigenvalue weighted by atomic mass is 10.3. The van der Waals surface area contributed by atoms with Gasteiger partial charge in [0.2, 0.25) is 0 Å². The van der Waals surface area contributed by atoms with E-state index in [0.29, 0.717) is 23.5 Å². The van der Waals surface area contributed by atoms with Gasteiger partial charge in [-0.3, -0.25) is 9.40 Å². The first kappa shape index (κ1) is 16.0. The Hall–Kier alpha value is -1.38. The summed E-state index contributed by atoms with van der Waals surface area (Å²) in [5.74, 6) is 0. The van der Waals surface area contributed by atoms with Gasteiger partial charge in [-0.05, 0) is 24.4 Å². The Bertz CT molecular complexity index is 704. The zero-order valence-corrected chi connectivity index (χ0v) is 14.0. The molecule has 0 spiro atoms. The molecule has 0 bridgehead atoms. The van der Waals surface area contributed by atoms with Crippen LogP contribution in [0.4, 0.5) is 5.69 Å². The molecular formula is C13H20N4O2S2. The van der Waals surface area contributed by atoms with E-state index in [1.165, 1.54) is 11.3 Å². The van der Waals surface area contributed by atoms with Gasteiger partial charge in [0.15, 0.2) is 0 Å². The molecule has 0 saturated carbocycles. The zero-order valence-electron chi connectivity index (χ0n) is 12.4. The van der Waals surface area contributed by atoms with Gasteiger partial charge in [-0.2, -0.15) is 5.10 Å². The van der Waals surface area contributed by atoms with Crippen molar-refractivity contribution >= 4 is 27.0 Å². The van der Waals surface area contributed by atoms with Crippen LogP contribution in [0.1, 0.15) is 24.4 Å². The molecule has 0 amide bonds. The van der Waals surface area contributed by atoms with Gasteiger partial charge >= 0.3 is 0 Å². The number of sulfonamides is 1. The highest BCUT2D eigenvalue weighted by Crippen LogP contribution is 2.25. The third-order valence-electron chi connectivity index (χ3n) is 3.01. The number of aryl methyl sites for hydroxylation is 2. The smallest absolute Gasteiger partial charge is 0.263 e. The summed E-state index contributed by atoms with van der Waals surface area (Å²) in [6.45, 7) is 5.29. The number of rotatable bonds is 7. The number of thiophene rings is 1. The fourth-order valence-electron chi connectivity index (χ4n) is 2.02. The maximum atomic E-state index is 12.6. The van der Waals surface area contributed by atoms with Crippen molar-refractivity contribution in [3.05, 3.63) is 28.2 Å². The largest absolute Gasteiger partial charge is 0.312 e. The zero-order chi connectivity index (χ0) is 15.5. The lowest BCUT2D eigenvalue weighted by molar-refractivity contribution is 0.599. The molecule has 21 heavy (non-hydrogen) atoms. The fourth-order valence-corrected chi connectivity index (χ4v) is 4.50. The van der Waals surface area contributed by atoms with Gasteiger partial charge in [0.1, 0.15) is 4.90 Å². The van der Waals surface area contributed by atoms with Crippen molar-refractivity contribution in [2.24, 2.45) is 7.05 Å². The van der Waals surface area contributed by atoms with E-state index in [9.17, 15) is 8.42 Å². The Morgan fingerprint density at radius 3 is 2.81 bits per heavy atom. The van der Waals surface area contributed by atoms with E-state index in [-0.39, 0.29) is 0 Å². The highest BCUT2D eigenvalue weighted by Gasteiger charge is 2.21. The van der Waals surface area contributed by atoms with Crippen LogP contribution < -0.4 is 10.0 Å². The van der Waals surface area contributed by atoms with E-state index >= 15 is 0 Å². The van der Waals surface area contributed by atoms with Crippen LogP contribution in [-0.4, -0.2) is 24.7 Å². The van der Waals surface area contributed by atoms with Crippen molar-refractivity contribution in [1.29, 1.82) is 0 Å². The first-order valence-corrected chi connectivity index (χ1v) is 9.16. The van der Waals surface area contributed by atoms with Crippen LogP contribution in [0.15, 0.2) is 22.5 Å². The van der Waals surface area contributed by atoms with Gasteiger partial charge in [-0.1, -0.05) is 13.8 Å². The van der Waals surface area contributed by atoms with E-state index in [4.69, 9.17) is 0 Å². The minimum absolute atomic E-state index is 0.333. The van der Waals surface area contributed by atoms with Gasteiger partial charge in [-0.25, -0.2) is 8.42 Å². The molecule has 2 aromatic heterocycles. The Morgan fingerprint density at radius 2 is 2.14 bits per heavy atom. The topological polar surface area (TPSA) is 76.0 Å². The standard InChI is InChI=1S/C13H20N4O2S2/c1-4-10-11(9-17(3)15-10)16-21(18,19)13-6-7-20-12(13)8-14-5-2/h6-7,9,14,16H,4-5,8H2,1-3H3. The molecular weight excluding hydrogens is 308 g/mol. The van der Waals surface area contributed by atoms with Crippen LogP contribution in [0.25, 0.3) is 0 Å². The maximum absolute atomic E-state index is 12.6. The second-order valence-corrected chi connectivity index (χ2v) is 7.26. The van der Waals surface area contributed by atoms with Crippen LogP contribution >= 0.6 is 11.3 Å². The van der Waals surface area contributed by atoms with Gasteiger partial charge in [0.25, 0.3) is 10.0 Å². The Kier molecular flexibility index (Phi) is 5.02. The van der Waals surface area contributed by atoms with Crippen molar-refractivity contribution in [3.8, 4) is 0 Å². The van der Waals surface area contributed by atoms with Crippen LogP contribution in [0.2, 0.25) is 0 Å². The van der Waals surface area contributed by atoms with E-state index in [1.54, 1.807) is 29.4 Å². The number of hydrogen-bond donors (Lipinski definition) is 2. The van der Waals surface area contributed by atoms with Crippen LogP contribution in [0.3, 0.4) is 0 Å². The second kappa shape index (κ2) is 6.59. The van der Waals surface area contributed by atoms with Crippen LogP contribution in [0.5, 0.6) is 0 Å². The highest BCUT2D eigenvalue weighted by molar-refractivity contribution is 7.93. The second-order valence-electron chi connectivity index (χ2n) is 4.61. The van der Waals surface area contributed by atoms with Crippen molar-refractivity contribution in [2.45, 2.75) is 31.7 Å². The van der Waals surface area contributed by atoms with Gasteiger partial charge in [0.05, 0.1) is 11.4 Å². The lowest BCUT2D eigenvalue weighted by Crippen LogP contribution is -2.17. The molecule has 6 nitrogen and oxygen atoms in total. The van der Waals surface area contributed by atoms with E-state index in [1.807, 2.05) is 13.8 Å². The predicted molar refractivity (Wildman–Crippen MR) is 85.1 cm³/mol. The third kappa shape index (κ3) is 3.63. The average Bonchev–Trinajstić information content (AvgIpc) is 3.02. The molecule has 0 aliphatic heterocycles. The van der Waals surface area contributed by atoms with E-state index in [2.05, 4.69) is 15.1 Å². The average molecular weight is 328 g/mol. The maximum Gasteiger partial charge on any atom is 0.263 e. The Morgan fingerprint density at radius 1 is 1.38 bits per heavy atom. The van der Waals surface area contributed by atoms with Crippen LogP contribution in [-0.2, 0) is 30.0 Å². The molecule has 0 aromatic carbocycles. The summed E-state index contributed by atoms with van der Waals surface area (Å²) < 4.78 is 29.4. The van der Waals surface area contributed by atoms with Crippen molar-refractivity contribution < 1.29 is 8.42 Å². The van der Waals surface area contributed by atoms with E-state index in [0.717, 1.165) is 17.1 Å². The molecule has 0 unspecified atom stereocenters. The number of hydrogen-bond acceptors (Lipinski definition) is 5. The minimum atomic E-state index is -3.58. The fraction of sp³-hybridized carbons (Fsp3) is 0.462. The highest BCUT2D eigenvalue weighted by atomic mass is 32.2. The third-order valence-corrected chi connectivity index (χ3v) is 5.51. The number of aromatic nitrogens is 2. The van der Waals surface area contributed by atoms with Crippen molar-refractivity contribution in [2.75, 3.05) is 11.3 Å².